The first kappa shape index (κ1) is 18.1. The molecule has 0 radical (unpaired) electrons. The number of hydrogen-bond acceptors (Lipinski definition) is 4. The molecular weight excluding hydrogens is 318 g/mol. The summed E-state index contributed by atoms with van der Waals surface area (Å²) in [5, 5.41) is 2.34. The van der Waals surface area contributed by atoms with Crippen LogP contribution in [-0.2, 0) is 6.61 Å². The van der Waals surface area contributed by atoms with Crippen molar-refractivity contribution in [2.45, 2.75) is 32.9 Å². The molecule has 2 aromatic rings. The van der Waals surface area contributed by atoms with Gasteiger partial charge in [0.05, 0.1) is 5.16 Å². The van der Waals surface area contributed by atoms with Crippen molar-refractivity contribution >= 4 is 23.2 Å². The lowest BCUT2D eigenvalue weighted by Gasteiger charge is -2.13. The highest BCUT2D eigenvalue weighted by Gasteiger charge is 2.20. The van der Waals surface area contributed by atoms with Gasteiger partial charge in [0, 0.05) is 5.56 Å². The fourth-order valence-corrected chi connectivity index (χ4v) is 2.50. The molecule has 24 heavy (non-hydrogen) atoms. The van der Waals surface area contributed by atoms with Crippen molar-refractivity contribution in [1.29, 1.82) is 0 Å². The minimum atomic E-state index is -0.460. The zero-order valence-electron chi connectivity index (χ0n) is 13.9. The molecule has 0 N–H and O–H groups in total. The Hall–Kier alpha value is -2.29. The average molecular weight is 339 g/mol. The van der Waals surface area contributed by atoms with Crippen molar-refractivity contribution < 1.29 is 9.53 Å². The zero-order chi connectivity index (χ0) is 17.4. The van der Waals surface area contributed by atoms with E-state index in [1.165, 1.54) is 0 Å². The predicted molar refractivity (Wildman–Crippen MR) is 99.8 cm³/mol. The van der Waals surface area contributed by atoms with Crippen molar-refractivity contribution in [3.8, 4) is 5.75 Å². The first-order valence-electron chi connectivity index (χ1n) is 7.98. The van der Waals surface area contributed by atoms with E-state index in [0.29, 0.717) is 24.5 Å². The second-order valence-corrected chi connectivity index (χ2v) is 6.21. The Labute approximate surface area is 148 Å². The first-order valence-corrected chi connectivity index (χ1v) is 8.39. The maximum Gasteiger partial charge on any atom is 0.188 e. The van der Waals surface area contributed by atoms with E-state index < -0.39 is 6.04 Å². The highest BCUT2D eigenvalue weighted by Crippen LogP contribution is 2.18. The third-order valence-electron chi connectivity index (χ3n) is 3.59. The quantitative estimate of drug-likeness (QED) is 0.387. The number of nitrogens with zero attached hydrogens (tertiary/aromatic N) is 1. The van der Waals surface area contributed by atoms with Gasteiger partial charge in [-0.05, 0) is 54.4 Å². The Balaban J connectivity index is 2.02. The van der Waals surface area contributed by atoms with E-state index in [1.807, 2.05) is 42.5 Å². The molecule has 0 aliphatic carbocycles. The summed E-state index contributed by atoms with van der Waals surface area (Å²) >= 11 is 4.66. The predicted octanol–water partition coefficient (Wildman–Crippen LogP) is 4.97. The molecule has 1 unspecified atom stereocenters. The van der Waals surface area contributed by atoms with E-state index in [1.54, 1.807) is 12.1 Å². The number of thiocarbonyl (C=S) groups is 1. The number of carbonyl (C=O) groups excluding carboxylic acids is 1. The molecule has 0 aliphatic heterocycles. The molecule has 0 spiro atoms. The van der Waals surface area contributed by atoms with Gasteiger partial charge in [0.1, 0.15) is 18.4 Å². The first-order chi connectivity index (χ1) is 11.6. The van der Waals surface area contributed by atoms with Gasteiger partial charge in [0.25, 0.3) is 0 Å². The average Bonchev–Trinajstić information content (AvgIpc) is 2.60. The van der Waals surface area contributed by atoms with Crippen molar-refractivity contribution in [3.63, 3.8) is 0 Å². The standard InChI is InChI=1S/C20H21NO2S/c1-15(2)12-19(21-14-24)20(22)17-8-10-18(11-9-17)23-13-16-6-4-3-5-7-16/h3-11,15,19H,12-13H2,1-2H3. The molecule has 4 heteroatoms. The highest BCUT2D eigenvalue weighted by atomic mass is 32.1. The Morgan fingerprint density at radius 3 is 2.38 bits per heavy atom. The summed E-state index contributed by atoms with van der Waals surface area (Å²) in [6.45, 7) is 4.61. The number of ketones is 1. The van der Waals surface area contributed by atoms with Crippen LogP contribution in [0.4, 0.5) is 0 Å². The van der Waals surface area contributed by atoms with Gasteiger partial charge in [0.2, 0.25) is 0 Å². The summed E-state index contributed by atoms with van der Waals surface area (Å²) in [4.78, 5) is 16.6. The van der Waals surface area contributed by atoms with E-state index in [4.69, 9.17) is 4.74 Å². The summed E-state index contributed by atoms with van der Waals surface area (Å²) < 4.78 is 5.74. The topological polar surface area (TPSA) is 38.7 Å². The fourth-order valence-electron chi connectivity index (χ4n) is 2.38. The maximum absolute atomic E-state index is 12.5. The highest BCUT2D eigenvalue weighted by molar-refractivity contribution is 7.78. The number of ether oxygens (including phenoxy) is 1. The van der Waals surface area contributed by atoms with Gasteiger partial charge in [-0.2, -0.15) is 0 Å². The summed E-state index contributed by atoms with van der Waals surface area (Å²) in [7, 11) is 0. The third kappa shape index (κ3) is 5.41. The Morgan fingerprint density at radius 2 is 1.79 bits per heavy atom. The summed E-state index contributed by atoms with van der Waals surface area (Å²) in [5.41, 5.74) is 1.71. The second-order valence-electron chi connectivity index (χ2n) is 6.03. The van der Waals surface area contributed by atoms with Crippen LogP contribution >= 0.6 is 12.2 Å². The van der Waals surface area contributed by atoms with E-state index in [0.717, 1.165) is 11.3 Å². The Morgan fingerprint density at radius 1 is 1.12 bits per heavy atom. The van der Waals surface area contributed by atoms with Crippen LogP contribution in [0.1, 0.15) is 36.2 Å². The molecule has 0 aliphatic rings. The second kappa shape index (κ2) is 9.11. The van der Waals surface area contributed by atoms with Crippen LogP contribution in [0.2, 0.25) is 0 Å². The minimum Gasteiger partial charge on any atom is -0.489 e. The molecule has 1 atom stereocenters. The number of carbonyl (C=O) groups is 1. The lowest BCUT2D eigenvalue weighted by Crippen LogP contribution is -2.20. The number of isothiocyanates is 1. The monoisotopic (exact) mass is 339 g/mol. The van der Waals surface area contributed by atoms with Crippen LogP contribution in [0.15, 0.2) is 59.6 Å². The molecule has 3 nitrogen and oxygen atoms in total. The summed E-state index contributed by atoms with van der Waals surface area (Å²) in [6, 6.07) is 16.7. The molecule has 0 heterocycles. The van der Waals surface area contributed by atoms with Gasteiger partial charge in [0.15, 0.2) is 5.78 Å². The Kier molecular flexibility index (Phi) is 6.86. The smallest absolute Gasteiger partial charge is 0.188 e. The molecular formula is C20H21NO2S. The molecule has 0 fully saturated rings. The minimum absolute atomic E-state index is 0.0318. The van der Waals surface area contributed by atoms with Crippen LogP contribution < -0.4 is 4.74 Å². The molecule has 124 valence electrons. The van der Waals surface area contributed by atoms with E-state index in [9.17, 15) is 4.79 Å². The van der Waals surface area contributed by atoms with Gasteiger partial charge < -0.3 is 4.74 Å². The lowest BCUT2D eigenvalue weighted by atomic mass is 9.96. The van der Waals surface area contributed by atoms with Crippen molar-refractivity contribution in [3.05, 3.63) is 65.7 Å². The van der Waals surface area contributed by atoms with E-state index >= 15 is 0 Å². The normalized spacial score (nSPS) is 11.6. The number of rotatable bonds is 8. The molecule has 2 aromatic carbocycles. The molecule has 0 bridgehead atoms. The van der Waals surface area contributed by atoms with Gasteiger partial charge >= 0.3 is 0 Å². The number of aliphatic imine (C=N–C) groups is 1. The SMILES string of the molecule is CC(C)CC(N=C=S)C(=O)c1ccc(OCc2ccccc2)cc1. The van der Waals surface area contributed by atoms with Crippen LogP contribution in [0.3, 0.4) is 0 Å². The van der Waals surface area contributed by atoms with Gasteiger partial charge in [-0.3, -0.25) is 4.79 Å². The van der Waals surface area contributed by atoms with Crippen LogP contribution in [0, 0.1) is 5.92 Å². The van der Waals surface area contributed by atoms with Crippen molar-refractivity contribution in [2.75, 3.05) is 0 Å². The lowest BCUT2D eigenvalue weighted by molar-refractivity contribution is 0.0952. The van der Waals surface area contributed by atoms with Crippen LogP contribution in [-0.4, -0.2) is 17.0 Å². The van der Waals surface area contributed by atoms with Crippen molar-refractivity contribution in [2.24, 2.45) is 10.9 Å². The number of Topliss-reactive ketones (excluding diaryl/α,β-unsaturated/α-hetero) is 1. The molecule has 0 saturated carbocycles. The maximum atomic E-state index is 12.5. The van der Waals surface area contributed by atoms with E-state index in [2.05, 4.69) is 36.2 Å². The number of hydrogen-bond donors (Lipinski definition) is 0. The van der Waals surface area contributed by atoms with Crippen LogP contribution in [0.25, 0.3) is 0 Å². The third-order valence-corrected chi connectivity index (χ3v) is 3.70. The van der Waals surface area contributed by atoms with Gasteiger partial charge in [-0.1, -0.05) is 44.2 Å². The molecule has 0 saturated heterocycles. The number of benzene rings is 2. The Bertz CT molecular complexity index is 704. The zero-order valence-corrected chi connectivity index (χ0v) is 14.8. The largest absolute Gasteiger partial charge is 0.489 e. The van der Waals surface area contributed by atoms with Gasteiger partial charge in [-0.15, -0.1) is 0 Å². The van der Waals surface area contributed by atoms with E-state index in [-0.39, 0.29) is 5.78 Å². The molecule has 0 amide bonds. The molecule has 2 rings (SSSR count). The van der Waals surface area contributed by atoms with Crippen molar-refractivity contribution in [1.82, 2.24) is 0 Å². The fraction of sp³-hybridized carbons (Fsp3) is 0.300. The van der Waals surface area contributed by atoms with Crippen LogP contribution in [0.5, 0.6) is 5.75 Å². The summed E-state index contributed by atoms with van der Waals surface area (Å²) in [5.74, 6) is 1.06. The van der Waals surface area contributed by atoms with Gasteiger partial charge in [-0.25, -0.2) is 4.99 Å². The molecule has 0 aromatic heterocycles. The summed E-state index contributed by atoms with van der Waals surface area (Å²) in [6.07, 6.45) is 0.661.